The monoisotopic (exact) mass is 222 g/mol. The summed E-state index contributed by atoms with van der Waals surface area (Å²) in [6.07, 6.45) is 0.288. The van der Waals surface area contributed by atoms with Crippen LogP contribution in [0.1, 0.15) is 18.4 Å². The summed E-state index contributed by atoms with van der Waals surface area (Å²) in [5.74, 6) is 1.34. The predicted octanol–water partition coefficient (Wildman–Crippen LogP) is 0.588. The number of rotatable bonds is 2. The fourth-order valence-electron chi connectivity index (χ4n) is 1.96. The van der Waals surface area contributed by atoms with E-state index in [4.69, 9.17) is 10.5 Å². The molecule has 5 nitrogen and oxygen atoms in total. The average molecular weight is 222 g/mol. The Balaban J connectivity index is 2.02. The van der Waals surface area contributed by atoms with Crippen molar-refractivity contribution < 1.29 is 4.74 Å². The first kappa shape index (κ1) is 11.3. The van der Waals surface area contributed by atoms with Crippen LogP contribution < -0.4 is 5.73 Å². The number of anilines is 1. The lowest BCUT2D eigenvalue weighted by Gasteiger charge is -2.30. The molecule has 0 saturated carbocycles. The Kier molecular flexibility index (Phi) is 3.36. The standard InChI is InChI=1S/C11H18N4O/c1-8-5-10(12)14-11(13-8)7-15-3-4-16-9(2)6-15/h5,9H,3-4,6-7H2,1-2H3,(H2,12,13,14). The summed E-state index contributed by atoms with van der Waals surface area (Å²) in [6.45, 7) is 7.40. The van der Waals surface area contributed by atoms with Gasteiger partial charge in [-0.1, -0.05) is 0 Å². The minimum Gasteiger partial charge on any atom is -0.384 e. The summed E-state index contributed by atoms with van der Waals surface area (Å²) in [7, 11) is 0. The molecular weight excluding hydrogens is 204 g/mol. The lowest BCUT2D eigenvalue weighted by molar-refractivity contribution is -0.0219. The first-order chi connectivity index (χ1) is 7.63. The van der Waals surface area contributed by atoms with E-state index in [1.165, 1.54) is 0 Å². The molecule has 1 unspecified atom stereocenters. The second kappa shape index (κ2) is 4.76. The van der Waals surface area contributed by atoms with Crippen molar-refractivity contribution in [2.24, 2.45) is 0 Å². The van der Waals surface area contributed by atoms with Gasteiger partial charge in [0.15, 0.2) is 0 Å². The molecule has 0 aromatic carbocycles. The van der Waals surface area contributed by atoms with Crippen LogP contribution in [0, 0.1) is 6.92 Å². The molecule has 0 aliphatic carbocycles. The van der Waals surface area contributed by atoms with Gasteiger partial charge in [-0.2, -0.15) is 0 Å². The number of aryl methyl sites for hydroxylation is 1. The fraction of sp³-hybridized carbons (Fsp3) is 0.636. The molecule has 1 saturated heterocycles. The Bertz CT molecular complexity index is 349. The highest BCUT2D eigenvalue weighted by atomic mass is 16.5. The van der Waals surface area contributed by atoms with Gasteiger partial charge in [-0.25, -0.2) is 9.97 Å². The maximum atomic E-state index is 5.70. The van der Waals surface area contributed by atoms with Gasteiger partial charge >= 0.3 is 0 Å². The molecule has 16 heavy (non-hydrogen) atoms. The Morgan fingerprint density at radius 2 is 2.38 bits per heavy atom. The van der Waals surface area contributed by atoms with Crippen LogP contribution in [0.3, 0.4) is 0 Å². The number of hydrogen-bond donors (Lipinski definition) is 1. The minimum absolute atomic E-state index is 0.288. The van der Waals surface area contributed by atoms with Crippen LogP contribution in [0.4, 0.5) is 5.82 Å². The number of nitrogen functional groups attached to an aromatic ring is 1. The van der Waals surface area contributed by atoms with Crippen molar-refractivity contribution in [1.82, 2.24) is 14.9 Å². The first-order valence-corrected chi connectivity index (χ1v) is 5.57. The van der Waals surface area contributed by atoms with Crippen LogP contribution in [0.5, 0.6) is 0 Å². The molecule has 2 rings (SSSR count). The highest BCUT2D eigenvalue weighted by Gasteiger charge is 2.17. The number of ether oxygens (including phenoxy) is 1. The molecule has 2 heterocycles. The highest BCUT2D eigenvalue weighted by Crippen LogP contribution is 2.09. The molecule has 0 spiro atoms. The largest absolute Gasteiger partial charge is 0.384 e. The Morgan fingerprint density at radius 3 is 3.06 bits per heavy atom. The van der Waals surface area contributed by atoms with Gasteiger partial charge in [0.1, 0.15) is 11.6 Å². The van der Waals surface area contributed by atoms with Crippen LogP contribution in [-0.4, -0.2) is 40.7 Å². The van der Waals surface area contributed by atoms with E-state index in [-0.39, 0.29) is 6.10 Å². The van der Waals surface area contributed by atoms with Gasteiger partial charge in [-0.05, 0) is 13.8 Å². The third-order valence-electron chi connectivity index (χ3n) is 2.61. The number of nitrogens with two attached hydrogens (primary N) is 1. The minimum atomic E-state index is 0.288. The molecule has 5 heteroatoms. The van der Waals surface area contributed by atoms with Gasteiger partial charge in [0.2, 0.25) is 0 Å². The van der Waals surface area contributed by atoms with Crippen LogP contribution in [0.15, 0.2) is 6.07 Å². The van der Waals surface area contributed by atoms with E-state index < -0.39 is 0 Å². The molecule has 1 aliphatic rings. The molecule has 88 valence electrons. The summed E-state index contributed by atoms with van der Waals surface area (Å²) >= 11 is 0. The summed E-state index contributed by atoms with van der Waals surface area (Å²) < 4.78 is 5.49. The van der Waals surface area contributed by atoms with Gasteiger partial charge in [0.25, 0.3) is 0 Å². The Hall–Kier alpha value is -1.20. The van der Waals surface area contributed by atoms with Gasteiger partial charge < -0.3 is 10.5 Å². The SMILES string of the molecule is Cc1cc(N)nc(CN2CCOC(C)C2)n1. The van der Waals surface area contributed by atoms with Gasteiger partial charge in [-0.15, -0.1) is 0 Å². The normalized spacial score (nSPS) is 22.2. The van der Waals surface area contributed by atoms with E-state index in [0.717, 1.165) is 37.8 Å². The van der Waals surface area contributed by atoms with E-state index in [0.29, 0.717) is 5.82 Å². The van der Waals surface area contributed by atoms with E-state index in [1.807, 2.05) is 6.92 Å². The summed E-state index contributed by atoms with van der Waals surface area (Å²) in [4.78, 5) is 10.9. The lowest BCUT2D eigenvalue weighted by Crippen LogP contribution is -2.40. The number of nitrogens with zero attached hydrogens (tertiary/aromatic N) is 3. The zero-order chi connectivity index (χ0) is 11.5. The predicted molar refractivity (Wildman–Crippen MR) is 61.9 cm³/mol. The van der Waals surface area contributed by atoms with Crippen molar-refractivity contribution in [2.45, 2.75) is 26.5 Å². The van der Waals surface area contributed by atoms with E-state index in [2.05, 4.69) is 21.8 Å². The van der Waals surface area contributed by atoms with Gasteiger partial charge in [0.05, 0.1) is 19.3 Å². The van der Waals surface area contributed by atoms with E-state index >= 15 is 0 Å². The zero-order valence-corrected chi connectivity index (χ0v) is 9.81. The van der Waals surface area contributed by atoms with E-state index in [1.54, 1.807) is 6.07 Å². The third kappa shape index (κ3) is 2.90. The van der Waals surface area contributed by atoms with Crippen LogP contribution in [-0.2, 0) is 11.3 Å². The fourth-order valence-corrected chi connectivity index (χ4v) is 1.96. The summed E-state index contributed by atoms with van der Waals surface area (Å²) in [5.41, 5.74) is 6.62. The Morgan fingerprint density at radius 1 is 1.56 bits per heavy atom. The molecule has 1 fully saturated rings. The van der Waals surface area contributed by atoms with Crippen molar-refractivity contribution >= 4 is 5.82 Å². The lowest BCUT2D eigenvalue weighted by atomic mass is 10.3. The van der Waals surface area contributed by atoms with Gasteiger partial charge in [0, 0.05) is 24.8 Å². The molecule has 1 atom stereocenters. The van der Waals surface area contributed by atoms with E-state index in [9.17, 15) is 0 Å². The summed E-state index contributed by atoms with van der Waals surface area (Å²) in [6, 6.07) is 1.78. The van der Waals surface area contributed by atoms with Crippen LogP contribution >= 0.6 is 0 Å². The Labute approximate surface area is 95.6 Å². The van der Waals surface area contributed by atoms with Crippen molar-refractivity contribution in [3.63, 3.8) is 0 Å². The second-order valence-electron chi connectivity index (χ2n) is 4.27. The molecule has 1 aromatic rings. The molecule has 2 N–H and O–H groups in total. The maximum absolute atomic E-state index is 5.70. The van der Waals surface area contributed by atoms with Gasteiger partial charge in [-0.3, -0.25) is 4.90 Å². The molecule has 0 amide bonds. The van der Waals surface area contributed by atoms with Crippen molar-refractivity contribution in [3.8, 4) is 0 Å². The van der Waals surface area contributed by atoms with Crippen LogP contribution in [0.2, 0.25) is 0 Å². The molecule has 0 radical (unpaired) electrons. The van der Waals surface area contributed by atoms with Crippen LogP contribution in [0.25, 0.3) is 0 Å². The zero-order valence-electron chi connectivity index (χ0n) is 9.81. The topological polar surface area (TPSA) is 64.3 Å². The average Bonchev–Trinajstić information content (AvgIpc) is 2.15. The number of morpholine rings is 1. The molecule has 0 bridgehead atoms. The quantitative estimate of drug-likeness (QED) is 0.793. The third-order valence-corrected chi connectivity index (χ3v) is 2.61. The highest BCUT2D eigenvalue weighted by molar-refractivity contribution is 5.29. The van der Waals surface area contributed by atoms with Crippen molar-refractivity contribution in [3.05, 3.63) is 17.6 Å². The summed E-state index contributed by atoms with van der Waals surface area (Å²) in [5, 5.41) is 0. The molecule has 1 aromatic heterocycles. The second-order valence-corrected chi connectivity index (χ2v) is 4.27. The van der Waals surface area contributed by atoms with Crippen molar-refractivity contribution in [2.75, 3.05) is 25.4 Å². The molecule has 1 aliphatic heterocycles. The first-order valence-electron chi connectivity index (χ1n) is 5.57. The number of hydrogen-bond acceptors (Lipinski definition) is 5. The maximum Gasteiger partial charge on any atom is 0.144 e. The molecular formula is C11H18N4O. The smallest absolute Gasteiger partial charge is 0.144 e. The van der Waals surface area contributed by atoms with Crippen molar-refractivity contribution in [1.29, 1.82) is 0 Å². The number of aromatic nitrogens is 2.